The number of carbonyl (C=O) groups is 1. The molecular formula is C37H37FO6S. The molecule has 0 radical (unpaired) electrons. The number of hydrogen-bond donors (Lipinski definition) is 1. The quantitative estimate of drug-likeness (QED) is 0.197. The summed E-state index contributed by atoms with van der Waals surface area (Å²) in [6, 6.07) is 26.2. The number of ether oxygens (including phenoxy) is 2. The summed E-state index contributed by atoms with van der Waals surface area (Å²) in [5, 5.41) is 9.47. The average molecular weight is 629 g/mol. The third-order valence-corrected chi connectivity index (χ3v) is 10.6. The molecule has 1 saturated heterocycles. The van der Waals surface area contributed by atoms with Gasteiger partial charge >= 0.3 is 5.97 Å². The second-order valence-corrected chi connectivity index (χ2v) is 14.4. The first-order valence-electron chi connectivity index (χ1n) is 15.5. The lowest BCUT2D eigenvalue weighted by molar-refractivity contribution is -0.137. The molecule has 1 aliphatic heterocycles. The second kappa shape index (κ2) is 13.4. The standard InChI is InChI=1S/C37H37FO6S/c38-31-10-6-28(7-11-31)35(22-37(39)40)29-8-12-32(13-9-29)43-24-26-4-5-27-2-1-3-30-21-33(14-15-34(30)36(27)20-26)44-23-25-16-18-45(41,42)19-17-25/h4-15,20-21,25,35H,1-3,16-19,22-24H2,(H,39,40). The first-order valence-corrected chi connectivity index (χ1v) is 17.3. The maximum absolute atomic E-state index is 13.4. The second-order valence-electron chi connectivity index (χ2n) is 12.1. The van der Waals surface area contributed by atoms with E-state index in [0.717, 1.165) is 41.7 Å². The molecule has 0 aromatic heterocycles. The van der Waals surface area contributed by atoms with Gasteiger partial charge in [-0.1, -0.05) is 42.5 Å². The van der Waals surface area contributed by atoms with E-state index in [1.54, 1.807) is 12.1 Å². The molecule has 4 aromatic carbocycles. The number of hydrogen-bond acceptors (Lipinski definition) is 5. The number of halogens is 1. The van der Waals surface area contributed by atoms with Crippen molar-refractivity contribution in [2.24, 2.45) is 5.92 Å². The predicted octanol–water partition coefficient (Wildman–Crippen LogP) is 7.37. The monoisotopic (exact) mass is 628 g/mol. The van der Waals surface area contributed by atoms with E-state index in [1.807, 2.05) is 30.3 Å². The van der Waals surface area contributed by atoms with E-state index < -0.39 is 21.7 Å². The van der Waals surface area contributed by atoms with Crippen molar-refractivity contribution in [1.29, 1.82) is 0 Å². The van der Waals surface area contributed by atoms with E-state index in [-0.39, 0.29) is 29.7 Å². The van der Waals surface area contributed by atoms with Gasteiger partial charge in [-0.3, -0.25) is 4.79 Å². The summed E-state index contributed by atoms with van der Waals surface area (Å²) < 4.78 is 49.2. The zero-order valence-corrected chi connectivity index (χ0v) is 25.9. The summed E-state index contributed by atoms with van der Waals surface area (Å²) in [6.07, 6.45) is 4.23. The summed E-state index contributed by atoms with van der Waals surface area (Å²) in [6.45, 7) is 0.927. The average Bonchev–Trinajstić information content (AvgIpc) is 3.21. The summed E-state index contributed by atoms with van der Waals surface area (Å²) in [5.74, 6) is 0.625. The number of fused-ring (bicyclic) bond motifs is 3. The van der Waals surface area contributed by atoms with Gasteiger partial charge in [0.05, 0.1) is 24.5 Å². The van der Waals surface area contributed by atoms with Gasteiger partial charge in [0.2, 0.25) is 0 Å². The van der Waals surface area contributed by atoms with Gasteiger partial charge in [0.15, 0.2) is 0 Å². The van der Waals surface area contributed by atoms with Gasteiger partial charge in [0.25, 0.3) is 0 Å². The molecule has 1 aliphatic carbocycles. The van der Waals surface area contributed by atoms with Crippen molar-refractivity contribution in [2.45, 2.75) is 51.0 Å². The number of carboxylic acids is 1. The van der Waals surface area contributed by atoms with Gasteiger partial charge in [-0.05, 0) is 119 Å². The third kappa shape index (κ3) is 7.74. The molecule has 234 valence electrons. The van der Waals surface area contributed by atoms with Crippen LogP contribution in [0.15, 0.2) is 84.9 Å². The SMILES string of the molecule is O=C(O)CC(c1ccc(F)cc1)c1ccc(OCc2ccc3c(c2)-c2ccc(OCC4CCS(=O)(=O)CC4)cc2CCC3)cc1. The number of aliphatic carboxylic acids is 1. The van der Waals surface area contributed by atoms with Crippen LogP contribution in [0.2, 0.25) is 0 Å². The van der Waals surface area contributed by atoms with Crippen LogP contribution in [0.1, 0.15) is 59.4 Å². The maximum Gasteiger partial charge on any atom is 0.304 e. The summed E-state index contributed by atoms with van der Waals surface area (Å²) >= 11 is 0. The van der Waals surface area contributed by atoms with Crippen LogP contribution in [0.3, 0.4) is 0 Å². The molecule has 45 heavy (non-hydrogen) atoms. The lowest BCUT2D eigenvalue weighted by Crippen LogP contribution is -2.26. The zero-order valence-electron chi connectivity index (χ0n) is 25.1. The van der Waals surface area contributed by atoms with Crippen LogP contribution in [0.5, 0.6) is 11.5 Å². The van der Waals surface area contributed by atoms with Gasteiger partial charge in [-0.25, -0.2) is 12.8 Å². The predicted molar refractivity (Wildman–Crippen MR) is 172 cm³/mol. The number of rotatable bonds is 10. The Kier molecular flexibility index (Phi) is 9.21. The molecular weight excluding hydrogens is 591 g/mol. The van der Waals surface area contributed by atoms with Crippen molar-refractivity contribution in [3.8, 4) is 22.6 Å². The molecule has 1 heterocycles. The minimum absolute atomic E-state index is 0.0942. The van der Waals surface area contributed by atoms with Gasteiger partial charge in [0, 0.05) is 5.92 Å². The van der Waals surface area contributed by atoms with Crippen LogP contribution in [-0.2, 0) is 34.1 Å². The van der Waals surface area contributed by atoms with E-state index in [0.29, 0.717) is 31.8 Å². The van der Waals surface area contributed by atoms with E-state index in [4.69, 9.17) is 9.47 Å². The van der Waals surface area contributed by atoms with E-state index >= 15 is 0 Å². The highest BCUT2D eigenvalue weighted by molar-refractivity contribution is 7.91. The normalized spacial score (nSPS) is 16.6. The van der Waals surface area contributed by atoms with Gasteiger partial charge in [0.1, 0.15) is 33.8 Å². The van der Waals surface area contributed by atoms with E-state index in [2.05, 4.69) is 30.3 Å². The van der Waals surface area contributed by atoms with Crippen LogP contribution in [0.25, 0.3) is 11.1 Å². The maximum atomic E-state index is 13.4. The number of carboxylic acid groups (broad SMARTS) is 1. The summed E-state index contributed by atoms with van der Waals surface area (Å²) in [4.78, 5) is 11.6. The molecule has 4 aromatic rings. The smallest absolute Gasteiger partial charge is 0.304 e. The Labute approximate surface area is 263 Å². The first kappa shape index (κ1) is 30.8. The minimum Gasteiger partial charge on any atom is -0.493 e. The topological polar surface area (TPSA) is 89.9 Å². The van der Waals surface area contributed by atoms with Crippen molar-refractivity contribution in [2.75, 3.05) is 18.1 Å². The lowest BCUT2D eigenvalue weighted by Gasteiger charge is -2.22. The molecule has 0 amide bonds. The molecule has 1 fully saturated rings. The van der Waals surface area contributed by atoms with Crippen LogP contribution in [0.4, 0.5) is 4.39 Å². The Balaban J connectivity index is 1.12. The lowest BCUT2D eigenvalue weighted by atomic mass is 9.88. The first-order chi connectivity index (χ1) is 21.7. The van der Waals surface area contributed by atoms with Gasteiger partial charge < -0.3 is 14.6 Å². The van der Waals surface area contributed by atoms with Crippen molar-refractivity contribution in [3.63, 3.8) is 0 Å². The zero-order chi connectivity index (χ0) is 31.4. The molecule has 6 rings (SSSR count). The summed E-state index contributed by atoms with van der Waals surface area (Å²) in [7, 11) is -2.88. The van der Waals surface area contributed by atoms with Crippen LogP contribution in [0, 0.1) is 11.7 Å². The van der Waals surface area contributed by atoms with Gasteiger partial charge in [-0.2, -0.15) is 0 Å². The third-order valence-electron chi connectivity index (χ3n) is 8.93. The molecule has 0 spiro atoms. The molecule has 2 aliphatic rings. The molecule has 0 bridgehead atoms. The highest BCUT2D eigenvalue weighted by atomic mass is 32.2. The minimum atomic E-state index is -2.88. The van der Waals surface area contributed by atoms with E-state index in [1.165, 1.54) is 34.4 Å². The fourth-order valence-corrected chi connectivity index (χ4v) is 7.95. The Morgan fingerprint density at radius 3 is 2.18 bits per heavy atom. The molecule has 8 heteroatoms. The number of benzene rings is 4. The Morgan fingerprint density at radius 2 is 1.47 bits per heavy atom. The number of aryl methyl sites for hydroxylation is 2. The molecule has 6 nitrogen and oxygen atoms in total. The fraction of sp³-hybridized carbons (Fsp3) is 0.324. The highest BCUT2D eigenvalue weighted by Crippen LogP contribution is 2.36. The van der Waals surface area contributed by atoms with Crippen molar-refractivity contribution in [3.05, 3.63) is 119 Å². The molecule has 0 saturated carbocycles. The van der Waals surface area contributed by atoms with E-state index in [9.17, 15) is 22.7 Å². The molecule has 1 unspecified atom stereocenters. The number of sulfone groups is 1. The fourth-order valence-electron chi connectivity index (χ4n) is 6.36. The van der Waals surface area contributed by atoms with Gasteiger partial charge in [-0.15, -0.1) is 0 Å². The summed E-state index contributed by atoms with van der Waals surface area (Å²) in [5.41, 5.74) is 7.60. The van der Waals surface area contributed by atoms with Crippen molar-refractivity contribution in [1.82, 2.24) is 0 Å². The Hall–Kier alpha value is -4.17. The highest BCUT2D eigenvalue weighted by Gasteiger charge is 2.24. The largest absolute Gasteiger partial charge is 0.493 e. The molecule has 1 atom stereocenters. The Bertz CT molecular complexity index is 1750. The Morgan fingerprint density at radius 1 is 0.800 bits per heavy atom. The molecule has 1 N–H and O–H groups in total. The van der Waals surface area contributed by atoms with Crippen LogP contribution >= 0.6 is 0 Å². The van der Waals surface area contributed by atoms with Crippen molar-refractivity contribution < 1.29 is 32.2 Å². The van der Waals surface area contributed by atoms with Crippen LogP contribution < -0.4 is 9.47 Å². The van der Waals surface area contributed by atoms with Crippen LogP contribution in [-0.4, -0.2) is 37.6 Å². The van der Waals surface area contributed by atoms with Crippen molar-refractivity contribution >= 4 is 15.8 Å².